The highest BCUT2D eigenvalue weighted by molar-refractivity contribution is 5.41. The van der Waals surface area contributed by atoms with E-state index in [1.165, 1.54) is 24.8 Å². The van der Waals surface area contributed by atoms with Crippen LogP contribution in [0.1, 0.15) is 31.2 Å². The van der Waals surface area contributed by atoms with E-state index in [4.69, 9.17) is 10.5 Å². The molecule has 0 aromatic heterocycles. The van der Waals surface area contributed by atoms with Crippen molar-refractivity contribution in [3.8, 4) is 11.5 Å². The maximum Gasteiger partial charge on any atom is 0.160 e. The van der Waals surface area contributed by atoms with Crippen molar-refractivity contribution in [1.29, 1.82) is 0 Å². The van der Waals surface area contributed by atoms with E-state index >= 15 is 0 Å². The van der Waals surface area contributed by atoms with Crippen LogP contribution in [0.2, 0.25) is 0 Å². The quantitative estimate of drug-likeness (QED) is 0.855. The minimum atomic E-state index is 0.198. The molecule has 19 heavy (non-hydrogen) atoms. The van der Waals surface area contributed by atoms with Crippen LogP contribution in [0.5, 0.6) is 11.5 Å². The summed E-state index contributed by atoms with van der Waals surface area (Å²) in [5.41, 5.74) is 6.88. The van der Waals surface area contributed by atoms with Gasteiger partial charge in [0.05, 0.1) is 7.11 Å². The second-order valence-electron chi connectivity index (χ2n) is 5.20. The zero-order chi connectivity index (χ0) is 13.7. The Kier molecular flexibility index (Phi) is 5.05. The highest BCUT2D eigenvalue weighted by atomic mass is 16.5. The van der Waals surface area contributed by atoms with Crippen LogP contribution in [0, 0.1) is 0 Å². The van der Waals surface area contributed by atoms with Crippen molar-refractivity contribution in [1.82, 2.24) is 4.90 Å². The molecule has 0 aliphatic carbocycles. The van der Waals surface area contributed by atoms with Gasteiger partial charge in [-0.1, -0.05) is 12.5 Å². The van der Waals surface area contributed by atoms with Crippen molar-refractivity contribution in [2.24, 2.45) is 5.73 Å². The molecule has 1 aliphatic rings. The molecule has 0 bridgehead atoms. The first-order chi connectivity index (χ1) is 9.24. The van der Waals surface area contributed by atoms with Crippen molar-refractivity contribution in [2.75, 3.05) is 20.2 Å². The Bertz CT molecular complexity index is 407. The fraction of sp³-hybridized carbons (Fsp3) is 0.600. The van der Waals surface area contributed by atoms with Gasteiger partial charge in [-0.3, -0.25) is 4.90 Å². The van der Waals surface area contributed by atoms with Gasteiger partial charge in [-0.15, -0.1) is 0 Å². The number of ether oxygens (including phenoxy) is 1. The lowest BCUT2D eigenvalue weighted by Crippen LogP contribution is -2.40. The predicted octanol–water partition coefficient (Wildman–Crippen LogP) is 2.10. The zero-order valence-corrected chi connectivity index (χ0v) is 11.6. The molecule has 1 aliphatic heterocycles. The molecule has 0 saturated carbocycles. The maximum atomic E-state index is 9.62. The molecule has 4 heteroatoms. The van der Waals surface area contributed by atoms with E-state index in [2.05, 4.69) is 4.90 Å². The Morgan fingerprint density at radius 3 is 3.00 bits per heavy atom. The van der Waals surface area contributed by atoms with Gasteiger partial charge in [0.1, 0.15) is 0 Å². The fourth-order valence-corrected chi connectivity index (χ4v) is 2.84. The molecule has 0 radical (unpaired) electrons. The molecule has 106 valence electrons. The lowest BCUT2D eigenvalue weighted by molar-refractivity contribution is 0.134. The van der Waals surface area contributed by atoms with Crippen molar-refractivity contribution in [3.63, 3.8) is 0 Å². The number of aromatic hydroxyl groups is 1. The number of nitrogens with two attached hydrogens (primary N) is 1. The maximum absolute atomic E-state index is 9.62. The minimum absolute atomic E-state index is 0.198. The molecule has 1 aromatic rings. The average molecular weight is 264 g/mol. The van der Waals surface area contributed by atoms with Crippen molar-refractivity contribution in [3.05, 3.63) is 23.8 Å². The SMILES string of the molecule is COc1cc(CN2CCCCC2CCN)ccc1O. The van der Waals surface area contributed by atoms with Gasteiger partial charge in [0, 0.05) is 12.6 Å². The molecular formula is C15H24N2O2. The summed E-state index contributed by atoms with van der Waals surface area (Å²) in [6.07, 6.45) is 4.87. The highest BCUT2D eigenvalue weighted by Crippen LogP contribution is 2.28. The molecule has 1 fully saturated rings. The monoisotopic (exact) mass is 264 g/mol. The van der Waals surface area contributed by atoms with Crippen LogP contribution in [0.4, 0.5) is 0 Å². The van der Waals surface area contributed by atoms with E-state index in [1.54, 1.807) is 13.2 Å². The van der Waals surface area contributed by atoms with Crippen LogP contribution in [-0.2, 0) is 6.54 Å². The number of hydrogen-bond donors (Lipinski definition) is 2. The Morgan fingerprint density at radius 1 is 1.42 bits per heavy atom. The topological polar surface area (TPSA) is 58.7 Å². The molecule has 3 N–H and O–H groups in total. The molecule has 1 unspecified atom stereocenters. The summed E-state index contributed by atoms with van der Waals surface area (Å²) >= 11 is 0. The number of phenolic OH excluding ortho intramolecular Hbond substituents is 1. The Morgan fingerprint density at radius 2 is 2.26 bits per heavy atom. The first-order valence-corrected chi connectivity index (χ1v) is 7.04. The summed E-state index contributed by atoms with van der Waals surface area (Å²) in [6, 6.07) is 6.18. The van der Waals surface area contributed by atoms with Crippen molar-refractivity contribution < 1.29 is 9.84 Å². The van der Waals surface area contributed by atoms with E-state index in [0.29, 0.717) is 11.8 Å². The smallest absolute Gasteiger partial charge is 0.160 e. The molecule has 1 atom stereocenters. The Balaban J connectivity index is 2.06. The number of phenols is 1. The van der Waals surface area contributed by atoms with Crippen molar-refractivity contribution in [2.45, 2.75) is 38.3 Å². The van der Waals surface area contributed by atoms with Crippen LogP contribution < -0.4 is 10.5 Å². The number of methoxy groups -OCH3 is 1. The van der Waals surface area contributed by atoms with E-state index in [0.717, 1.165) is 26.1 Å². The van der Waals surface area contributed by atoms with Gasteiger partial charge in [-0.25, -0.2) is 0 Å². The van der Waals surface area contributed by atoms with Gasteiger partial charge in [-0.2, -0.15) is 0 Å². The van der Waals surface area contributed by atoms with E-state index < -0.39 is 0 Å². The summed E-state index contributed by atoms with van der Waals surface area (Å²) in [4.78, 5) is 2.50. The molecule has 0 spiro atoms. The largest absolute Gasteiger partial charge is 0.504 e. The molecule has 1 aromatic carbocycles. The minimum Gasteiger partial charge on any atom is -0.504 e. The van der Waals surface area contributed by atoms with Crippen LogP contribution in [0.3, 0.4) is 0 Å². The first kappa shape index (κ1) is 14.2. The Hall–Kier alpha value is -1.26. The number of benzene rings is 1. The van der Waals surface area contributed by atoms with Crippen LogP contribution in [0.15, 0.2) is 18.2 Å². The molecule has 4 nitrogen and oxygen atoms in total. The molecule has 1 heterocycles. The van der Waals surface area contributed by atoms with Gasteiger partial charge in [0.25, 0.3) is 0 Å². The van der Waals surface area contributed by atoms with Crippen LogP contribution in [0.25, 0.3) is 0 Å². The van der Waals surface area contributed by atoms with Crippen molar-refractivity contribution >= 4 is 0 Å². The average Bonchev–Trinajstić information content (AvgIpc) is 2.43. The predicted molar refractivity (Wildman–Crippen MR) is 76.4 cm³/mol. The van der Waals surface area contributed by atoms with Gasteiger partial charge >= 0.3 is 0 Å². The number of likely N-dealkylation sites (tertiary alicyclic amines) is 1. The zero-order valence-electron chi connectivity index (χ0n) is 11.6. The second kappa shape index (κ2) is 6.78. The number of rotatable bonds is 5. The third-order valence-corrected chi connectivity index (χ3v) is 3.88. The molecule has 2 rings (SSSR count). The van der Waals surface area contributed by atoms with Gasteiger partial charge in [0.2, 0.25) is 0 Å². The standard InChI is InChI=1S/C15H24N2O2/c1-19-15-10-12(5-6-14(15)18)11-17-9-3-2-4-13(17)7-8-16/h5-6,10,13,18H,2-4,7-9,11,16H2,1H3. The fourth-order valence-electron chi connectivity index (χ4n) is 2.84. The van der Waals surface area contributed by atoms with Gasteiger partial charge < -0.3 is 15.6 Å². The normalized spacial score (nSPS) is 20.4. The summed E-state index contributed by atoms with van der Waals surface area (Å²) in [6.45, 7) is 2.79. The summed E-state index contributed by atoms with van der Waals surface area (Å²) in [5.74, 6) is 0.744. The number of piperidine rings is 1. The summed E-state index contributed by atoms with van der Waals surface area (Å²) in [7, 11) is 1.58. The van der Waals surface area contributed by atoms with Gasteiger partial charge in [0.15, 0.2) is 11.5 Å². The van der Waals surface area contributed by atoms with Gasteiger partial charge in [-0.05, 0) is 50.0 Å². The first-order valence-electron chi connectivity index (χ1n) is 7.04. The van der Waals surface area contributed by atoms with E-state index in [1.807, 2.05) is 12.1 Å². The highest BCUT2D eigenvalue weighted by Gasteiger charge is 2.21. The second-order valence-corrected chi connectivity index (χ2v) is 5.20. The third-order valence-electron chi connectivity index (χ3n) is 3.88. The number of nitrogens with zero attached hydrogens (tertiary/aromatic N) is 1. The summed E-state index contributed by atoms with van der Waals surface area (Å²) < 4.78 is 5.16. The Labute approximate surface area is 115 Å². The molecule has 0 amide bonds. The molecule has 1 saturated heterocycles. The lowest BCUT2D eigenvalue weighted by atomic mass is 9.98. The number of hydrogen-bond acceptors (Lipinski definition) is 4. The lowest BCUT2D eigenvalue weighted by Gasteiger charge is -2.35. The van der Waals surface area contributed by atoms with Crippen LogP contribution >= 0.6 is 0 Å². The third kappa shape index (κ3) is 3.61. The molecular weight excluding hydrogens is 240 g/mol. The van der Waals surface area contributed by atoms with E-state index in [9.17, 15) is 5.11 Å². The van der Waals surface area contributed by atoms with Crippen LogP contribution in [-0.4, -0.2) is 36.2 Å². The van der Waals surface area contributed by atoms with E-state index in [-0.39, 0.29) is 5.75 Å². The summed E-state index contributed by atoms with van der Waals surface area (Å²) in [5, 5.41) is 9.62.